The van der Waals surface area contributed by atoms with E-state index in [1.807, 2.05) is 17.5 Å². The summed E-state index contributed by atoms with van der Waals surface area (Å²) in [6.45, 7) is 0.105. The number of nitrogens with zero attached hydrogens (tertiary/aromatic N) is 2. The second-order valence-electron chi connectivity index (χ2n) is 3.72. The molecule has 6 nitrogen and oxygen atoms in total. The number of hydrogen-bond donors (Lipinski definition) is 1. The van der Waals surface area contributed by atoms with Gasteiger partial charge in [0.1, 0.15) is 10.6 Å². The maximum Gasteiger partial charge on any atom is 0.346 e. The minimum atomic E-state index is -0.970. The minimum Gasteiger partial charge on any atom is -0.483 e. The van der Waals surface area contributed by atoms with Crippen LogP contribution in [0.15, 0.2) is 33.4 Å². The Labute approximate surface area is 121 Å². The highest BCUT2D eigenvalue weighted by molar-refractivity contribution is 7.13. The number of ether oxygens (including phenoxy) is 1. The first-order valence-corrected chi connectivity index (χ1v) is 7.29. The van der Waals surface area contributed by atoms with Crippen LogP contribution in [0.2, 0.25) is 0 Å². The predicted octanol–water partition coefficient (Wildman–Crippen LogP) is 3.14. The summed E-state index contributed by atoms with van der Waals surface area (Å²) in [4.78, 5) is 11.9. The Morgan fingerprint density at radius 2 is 2.30 bits per heavy atom. The van der Waals surface area contributed by atoms with Crippen molar-refractivity contribution in [2.45, 2.75) is 6.61 Å². The molecule has 0 bridgehead atoms. The fourth-order valence-electron chi connectivity index (χ4n) is 1.46. The summed E-state index contributed by atoms with van der Waals surface area (Å²) in [7, 11) is 0. The van der Waals surface area contributed by atoms with Crippen molar-refractivity contribution in [3.63, 3.8) is 0 Å². The van der Waals surface area contributed by atoms with Gasteiger partial charge in [-0.2, -0.15) is 0 Å². The lowest BCUT2D eigenvalue weighted by atomic mass is 10.4. The van der Waals surface area contributed by atoms with Crippen LogP contribution in [-0.4, -0.2) is 21.3 Å². The van der Waals surface area contributed by atoms with Crippen LogP contribution in [0.5, 0.6) is 5.75 Å². The molecule has 0 fully saturated rings. The van der Waals surface area contributed by atoms with Gasteiger partial charge in [0.15, 0.2) is 6.61 Å². The van der Waals surface area contributed by atoms with Crippen LogP contribution in [0.4, 0.5) is 0 Å². The molecule has 0 aliphatic carbocycles. The molecule has 0 amide bonds. The summed E-state index contributed by atoms with van der Waals surface area (Å²) in [6.07, 6.45) is 0. The van der Waals surface area contributed by atoms with Gasteiger partial charge in [-0.05, 0) is 11.4 Å². The van der Waals surface area contributed by atoms with Crippen molar-refractivity contribution in [1.29, 1.82) is 0 Å². The summed E-state index contributed by atoms with van der Waals surface area (Å²) >= 11 is 2.62. The van der Waals surface area contributed by atoms with Gasteiger partial charge in [-0.3, -0.25) is 0 Å². The minimum absolute atomic E-state index is 0.105. The second-order valence-corrected chi connectivity index (χ2v) is 5.58. The maximum absolute atomic E-state index is 10.7. The molecule has 3 heterocycles. The van der Waals surface area contributed by atoms with Crippen molar-refractivity contribution in [3.05, 3.63) is 39.7 Å². The third-order valence-electron chi connectivity index (χ3n) is 2.35. The monoisotopic (exact) mass is 308 g/mol. The summed E-state index contributed by atoms with van der Waals surface area (Å²) in [6, 6.07) is 5.25. The standard InChI is InChI=1S/C12H8N2O4S2/c15-12(16)9-4-7(6-20-9)17-5-10-13-14-11(18-10)8-2-1-3-19-8/h1-4,6H,5H2,(H,15,16). The van der Waals surface area contributed by atoms with Gasteiger partial charge in [-0.1, -0.05) is 6.07 Å². The average molecular weight is 308 g/mol. The Morgan fingerprint density at radius 1 is 1.40 bits per heavy atom. The maximum atomic E-state index is 10.7. The smallest absolute Gasteiger partial charge is 0.346 e. The fraction of sp³-hybridized carbons (Fsp3) is 0.0833. The van der Waals surface area contributed by atoms with E-state index in [4.69, 9.17) is 14.3 Å². The molecule has 0 saturated carbocycles. The normalized spacial score (nSPS) is 10.6. The molecule has 0 aliphatic rings. The molecular weight excluding hydrogens is 300 g/mol. The van der Waals surface area contributed by atoms with E-state index in [9.17, 15) is 4.79 Å². The van der Waals surface area contributed by atoms with Gasteiger partial charge in [0.05, 0.1) is 4.88 Å². The molecule has 0 radical (unpaired) electrons. The molecule has 3 rings (SSSR count). The highest BCUT2D eigenvalue weighted by atomic mass is 32.1. The molecule has 102 valence electrons. The first kappa shape index (κ1) is 12.8. The Morgan fingerprint density at radius 3 is 3.00 bits per heavy atom. The average Bonchev–Trinajstić information content (AvgIpc) is 3.17. The van der Waals surface area contributed by atoms with E-state index in [0.29, 0.717) is 17.5 Å². The summed E-state index contributed by atoms with van der Waals surface area (Å²) in [5.74, 6) is 0.303. The molecule has 0 aromatic carbocycles. The van der Waals surface area contributed by atoms with Crippen molar-refractivity contribution < 1.29 is 19.1 Å². The van der Waals surface area contributed by atoms with Crippen molar-refractivity contribution in [1.82, 2.24) is 10.2 Å². The van der Waals surface area contributed by atoms with E-state index < -0.39 is 5.97 Å². The zero-order chi connectivity index (χ0) is 13.9. The highest BCUT2D eigenvalue weighted by Crippen LogP contribution is 2.25. The zero-order valence-corrected chi connectivity index (χ0v) is 11.6. The van der Waals surface area contributed by atoms with E-state index in [1.54, 1.807) is 5.38 Å². The number of aromatic nitrogens is 2. The highest BCUT2D eigenvalue weighted by Gasteiger charge is 2.11. The van der Waals surface area contributed by atoms with Gasteiger partial charge < -0.3 is 14.3 Å². The largest absolute Gasteiger partial charge is 0.483 e. The van der Waals surface area contributed by atoms with Gasteiger partial charge >= 0.3 is 5.97 Å². The summed E-state index contributed by atoms with van der Waals surface area (Å²) < 4.78 is 10.9. The Balaban J connectivity index is 1.65. The second kappa shape index (κ2) is 5.43. The SMILES string of the molecule is O=C(O)c1cc(OCc2nnc(-c3cccs3)o2)cs1. The first-order valence-electron chi connectivity index (χ1n) is 5.53. The molecule has 0 atom stereocenters. The molecule has 0 saturated heterocycles. The molecular formula is C12H8N2O4S2. The predicted molar refractivity (Wildman–Crippen MR) is 73.2 cm³/mol. The van der Waals surface area contributed by atoms with Crippen LogP contribution in [0.1, 0.15) is 15.6 Å². The van der Waals surface area contributed by atoms with E-state index in [1.165, 1.54) is 17.4 Å². The number of hydrogen-bond acceptors (Lipinski definition) is 7. The lowest BCUT2D eigenvalue weighted by Crippen LogP contribution is -1.95. The van der Waals surface area contributed by atoms with Gasteiger partial charge in [0.25, 0.3) is 11.8 Å². The van der Waals surface area contributed by atoms with Crippen LogP contribution < -0.4 is 4.74 Å². The number of carbonyl (C=O) groups is 1. The first-order chi connectivity index (χ1) is 9.72. The van der Waals surface area contributed by atoms with Crippen molar-refractivity contribution in [2.75, 3.05) is 0 Å². The quantitative estimate of drug-likeness (QED) is 0.779. The van der Waals surface area contributed by atoms with Crippen molar-refractivity contribution in [3.8, 4) is 16.5 Å². The number of carboxylic acids is 1. The summed E-state index contributed by atoms with van der Waals surface area (Å²) in [5, 5.41) is 20.2. The van der Waals surface area contributed by atoms with Crippen LogP contribution in [0.3, 0.4) is 0 Å². The molecule has 0 aliphatic heterocycles. The lowest BCUT2D eigenvalue weighted by molar-refractivity contribution is 0.0702. The number of rotatable bonds is 5. The van der Waals surface area contributed by atoms with E-state index >= 15 is 0 Å². The van der Waals surface area contributed by atoms with Crippen LogP contribution >= 0.6 is 22.7 Å². The van der Waals surface area contributed by atoms with E-state index in [0.717, 1.165) is 16.2 Å². The van der Waals surface area contributed by atoms with Crippen molar-refractivity contribution in [2.24, 2.45) is 0 Å². The topological polar surface area (TPSA) is 85.5 Å². The lowest BCUT2D eigenvalue weighted by Gasteiger charge is -1.98. The summed E-state index contributed by atoms with van der Waals surface area (Å²) in [5.41, 5.74) is 0. The van der Waals surface area contributed by atoms with Gasteiger partial charge in [0, 0.05) is 11.4 Å². The van der Waals surface area contributed by atoms with Crippen LogP contribution in [0.25, 0.3) is 10.8 Å². The number of carboxylic acid groups (broad SMARTS) is 1. The molecule has 0 spiro atoms. The number of thiophene rings is 2. The fourth-order valence-corrected chi connectivity index (χ4v) is 2.77. The molecule has 20 heavy (non-hydrogen) atoms. The third kappa shape index (κ3) is 2.70. The molecule has 8 heteroatoms. The van der Waals surface area contributed by atoms with Crippen LogP contribution in [-0.2, 0) is 6.61 Å². The van der Waals surface area contributed by atoms with E-state index in [-0.39, 0.29) is 11.5 Å². The third-order valence-corrected chi connectivity index (χ3v) is 4.10. The molecule has 1 N–H and O–H groups in total. The number of aromatic carboxylic acids is 1. The molecule has 3 aromatic rings. The van der Waals surface area contributed by atoms with Gasteiger partial charge in [0.2, 0.25) is 0 Å². The van der Waals surface area contributed by atoms with Crippen LogP contribution in [0, 0.1) is 0 Å². The molecule has 0 unspecified atom stereocenters. The zero-order valence-electron chi connectivity index (χ0n) is 9.98. The Hall–Kier alpha value is -2.19. The van der Waals surface area contributed by atoms with E-state index in [2.05, 4.69) is 10.2 Å². The van der Waals surface area contributed by atoms with Gasteiger partial charge in [-0.15, -0.1) is 32.9 Å². The van der Waals surface area contributed by atoms with Gasteiger partial charge in [-0.25, -0.2) is 4.79 Å². The molecule has 3 aromatic heterocycles. The Kier molecular flexibility index (Phi) is 3.48. The van der Waals surface area contributed by atoms with Crippen molar-refractivity contribution >= 4 is 28.6 Å². The Bertz CT molecular complexity index is 717.